The molecule has 0 aliphatic carbocycles. The molecule has 0 radical (unpaired) electrons. The number of halogens is 1. The first kappa shape index (κ1) is 24.3. The van der Waals surface area contributed by atoms with E-state index in [2.05, 4.69) is 25.4 Å². The molecule has 0 bridgehead atoms. The van der Waals surface area contributed by atoms with Gasteiger partial charge >= 0.3 is 11.8 Å². The molecule has 0 spiro atoms. The van der Waals surface area contributed by atoms with Crippen LogP contribution >= 0.6 is 0 Å². The zero-order valence-electron chi connectivity index (χ0n) is 20.0. The Balaban J connectivity index is 1.39. The second-order valence-corrected chi connectivity index (χ2v) is 8.84. The van der Waals surface area contributed by atoms with Crippen LogP contribution in [0.4, 0.5) is 15.8 Å². The number of aromatic nitrogens is 1. The summed E-state index contributed by atoms with van der Waals surface area (Å²) in [7, 11) is 0. The predicted octanol–water partition coefficient (Wildman–Crippen LogP) is 3.46. The molecule has 1 atom stereocenters. The van der Waals surface area contributed by atoms with Gasteiger partial charge in [0.1, 0.15) is 5.82 Å². The zero-order chi connectivity index (χ0) is 24.8. The minimum Gasteiger partial charge on any atom is -0.369 e. The fraction of sp³-hybridized carbons (Fsp3) is 0.296. The molecule has 2 heterocycles. The lowest BCUT2D eigenvalue weighted by Crippen LogP contribution is -2.50. The summed E-state index contributed by atoms with van der Waals surface area (Å²) in [4.78, 5) is 33.8. The Bertz CT molecular complexity index is 1140. The van der Waals surface area contributed by atoms with Crippen molar-refractivity contribution in [2.75, 3.05) is 42.9 Å². The Hall–Kier alpha value is -3.78. The summed E-state index contributed by atoms with van der Waals surface area (Å²) in [5.74, 6) is -1.62. The third-order valence-corrected chi connectivity index (χ3v) is 6.16. The van der Waals surface area contributed by atoms with Crippen molar-refractivity contribution in [3.8, 4) is 0 Å². The van der Waals surface area contributed by atoms with Crippen molar-refractivity contribution < 1.29 is 14.0 Å². The van der Waals surface area contributed by atoms with Crippen LogP contribution in [0.25, 0.3) is 0 Å². The number of amides is 2. The Labute approximate surface area is 205 Å². The molecule has 1 fully saturated rings. The SMILES string of the molecule is Cc1cc(C)cc(NC(=O)C(=O)NC[C@H](c2cccnc2)N2CCN(c3ccc(F)cc3)CC2)c1. The number of hydrogen-bond donors (Lipinski definition) is 2. The van der Waals surface area contributed by atoms with Gasteiger partial charge in [0.15, 0.2) is 0 Å². The molecule has 8 heteroatoms. The van der Waals surface area contributed by atoms with E-state index in [0.717, 1.165) is 48.6 Å². The number of piperazine rings is 1. The van der Waals surface area contributed by atoms with Crippen molar-refractivity contribution in [1.82, 2.24) is 15.2 Å². The van der Waals surface area contributed by atoms with E-state index in [-0.39, 0.29) is 18.4 Å². The third kappa shape index (κ3) is 6.42. The molecule has 2 amide bonds. The number of carbonyl (C=O) groups is 2. The van der Waals surface area contributed by atoms with E-state index in [0.29, 0.717) is 5.69 Å². The van der Waals surface area contributed by atoms with E-state index in [4.69, 9.17) is 0 Å². The Morgan fingerprint density at radius 3 is 2.29 bits per heavy atom. The van der Waals surface area contributed by atoms with E-state index in [1.165, 1.54) is 12.1 Å². The van der Waals surface area contributed by atoms with Crippen molar-refractivity contribution in [2.45, 2.75) is 19.9 Å². The summed E-state index contributed by atoms with van der Waals surface area (Å²) in [6.45, 7) is 7.20. The molecule has 1 aliphatic heterocycles. The highest BCUT2D eigenvalue weighted by Gasteiger charge is 2.27. The summed E-state index contributed by atoms with van der Waals surface area (Å²) < 4.78 is 13.3. The number of carbonyl (C=O) groups excluding carboxylic acids is 2. The first-order chi connectivity index (χ1) is 16.9. The molecule has 3 aromatic rings. The second kappa shape index (κ2) is 11.1. The topological polar surface area (TPSA) is 77.6 Å². The van der Waals surface area contributed by atoms with Crippen molar-refractivity contribution in [3.05, 3.63) is 89.5 Å². The molecule has 1 aromatic heterocycles. The number of anilines is 2. The Kier molecular flexibility index (Phi) is 7.72. The maximum atomic E-state index is 13.3. The largest absolute Gasteiger partial charge is 0.369 e. The monoisotopic (exact) mass is 475 g/mol. The quantitative estimate of drug-likeness (QED) is 0.534. The number of rotatable bonds is 6. The van der Waals surface area contributed by atoms with Crippen LogP contribution in [-0.2, 0) is 9.59 Å². The number of aryl methyl sites for hydroxylation is 2. The van der Waals surface area contributed by atoms with E-state index >= 15 is 0 Å². The zero-order valence-corrected chi connectivity index (χ0v) is 20.0. The first-order valence-corrected chi connectivity index (χ1v) is 11.7. The second-order valence-electron chi connectivity index (χ2n) is 8.84. The fourth-order valence-electron chi connectivity index (χ4n) is 4.48. The smallest absolute Gasteiger partial charge is 0.313 e. The van der Waals surface area contributed by atoms with Crippen LogP contribution in [0.15, 0.2) is 67.0 Å². The van der Waals surface area contributed by atoms with Gasteiger partial charge < -0.3 is 15.5 Å². The summed E-state index contributed by atoms with van der Waals surface area (Å²) in [6, 6.07) is 15.9. The highest BCUT2D eigenvalue weighted by Crippen LogP contribution is 2.24. The van der Waals surface area contributed by atoms with Crippen molar-refractivity contribution >= 4 is 23.2 Å². The van der Waals surface area contributed by atoms with E-state index in [1.54, 1.807) is 24.5 Å². The number of nitrogens with zero attached hydrogens (tertiary/aromatic N) is 3. The molecular weight excluding hydrogens is 445 g/mol. The minimum atomic E-state index is -0.693. The normalized spacial score (nSPS) is 14.9. The van der Waals surface area contributed by atoms with Crippen LogP contribution in [0.1, 0.15) is 22.7 Å². The van der Waals surface area contributed by atoms with Gasteiger partial charge in [0.2, 0.25) is 0 Å². The maximum absolute atomic E-state index is 13.3. The molecule has 2 N–H and O–H groups in total. The van der Waals surface area contributed by atoms with Gasteiger partial charge in [-0.3, -0.25) is 19.5 Å². The molecule has 182 valence electrons. The van der Waals surface area contributed by atoms with Crippen LogP contribution < -0.4 is 15.5 Å². The first-order valence-electron chi connectivity index (χ1n) is 11.7. The van der Waals surface area contributed by atoms with Gasteiger partial charge in [0.25, 0.3) is 0 Å². The van der Waals surface area contributed by atoms with Gasteiger partial charge in [-0.05, 0) is 73.0 Å². The molecule has 35 heavy (non-hydrogen) atoms. The van der Waals surface area contributed by atoms with E-state index in [1.807, 2.05) is 44.2 Å². The molecule has 2 aromatic carbocycles. The Morgan fingerprint density at radius 2 is 1.66 bits per heavy atom. The molecule has 0 saturated carbocycles. The van der Waals surface area contributed by atoms with Gasteiger partial charge in [-0.15, -0.1) is 0 Å². The third-order valence-electron chi connectivity index (χ3n) is 6.16. The highest BCUT2D eigenvalue weighted by atomic mass is 19.1. The summed E-state index contributed by atoms with van der Waals surface area (Å²) in [5.41, 5.74) is 4.58. The van der Waals surface area contributed by atoms with Crippen LogP contribution in [0.3, 0.4) is 0 Å². The van der Waals surface area contributed by atoms with Crippen LogP contribution in [-0.4, -0.2) is 54.4 Å². The van der Waals surface area contributed by atoms with Crippen LogP contribution in [0.2, 0.25) is 0 Å². The van der Waals surface area contributed by atoms with Crippen molar-refractivity contribution in [1.29, 1.82) is 0 Å². The maximum Gasteiger partial charge on any atom is 0.313 e. The summed E-state index contributed by atoms with van der Waals surface area (Å²) in [6.07, 6.45) is 3.50. The van der Waals surface area contributed by atoms with Gasteiger partial charge in [0, 0.05) is 56.5 Å². The number of benzene rings is 2. The van der Waals surface area contributed by atoms with E-state index in [9.17, 15) is 14.0 Å². The van der Waals surface area contributed by atoms with Crippen LogP contribution in [0.5, 0.6) is 0 Å². The minimum absolute atomic E-state index is 0.128. The predicted molar refractivity (Wildman–Crippen MR) is 135 cm³/mol. The van der Waals surface area contributed by atoms with Gasteiger partial charge in [0.05, 0.1) is 6.04 Å². The molecule has 1 aliphatic rings. The van der Waals surface area contributed by atoms with Crippen LogP contribution in [0, 0.1) is 19.7 Å². The standard InChI is InChI=1S/C27H30FN5O2/c1-19-14-20(2)16-23(15-19)31-27(35)26(34)30-18-25(21-4-3-9-29-17-21)33-12-10-32(11-13-33)24-7-5-22(28)6-8-24/h3-9,14-17,25H,10-13,18H2,1-2H3,(H,30,34)(H,31,35)/t25-/m1/s1. The molecule has 0 unspecified atom stereocenters. The number of nitrogens with one attached hydrogen (secondary N) is 2. The number of hydrogen-bond acceptors (Lipinski definition) is 5. The molecule has 1 saturated heterocycles. The highest BCUT2D eigenvalue weighted by molar-refractivity contribution is 6.39. The average molecular weight is 476 g/mol. The number of pyridine rings is 1. The lowest BCUT2D eigenvalue weighted by Gasteiger charge is -2.40. The Morgan fingerprint density at radius 1 is 0.971 bits per heavy atom. The molecular formula is C27H30FN5O2. The summed E-state index contributed by atoms with van der Waals surface area (Å²) >= 11 is 0. The molecule has 7 nitrogen and oxygen atoms in total. The molecule has 4 rings (SSSR count). The average Bonchev–Trinajstić information content (AvgIpc) is 2.85. The summed E-state index contributed by atoms with van der Waals surface area (Å²) in [5, 5.41) is 5.49. The van der Waals surface area contributed by atoms with E-state index < -0.39 is 11.8 Å². The van der Waals surface area contributed by atoms with Gasteiger partial charge in [-0.2, -0.15) is 0 Å². The fourth-order valence-corrected chi connectivity index (χ4v) is 4.48. The lowest BCUT2D eigenvalue weighted by atomic mass is 10.1. The lowest BCUT2D eigenvalue weighted by molar-refractivity contribution is -0.136. The van der Waals surface area contributed by atoms with Crippen molar-refractivity contribution in [2.24, 2.45) is 0 Å². The van der Waals surface area contributed by atoms with Crippen molar-refractivity contribution in [3.63, 3.8) is 0 Å². The van der Waals surface area contributed by atoms with Gasteiger partial charge in [-0.1, -0.05) is 12.1 Å². The van der Waals surface area contributed by atoms with Gasteiger partial charge in [-0.25, -0.2) is 4.39 Å².